The normalized spacial score (nSPS) is 21.9. The van der Waals surface area contributed by atoms with Gasteiger partial charge in [-0.05, 0) is 42.0 Å². The van der Waals surface area contributed by atoms with E-state index in [0.29, 0.717) is 24.9 Å². The van der Waals surface area contributed by atoms with E-state index in [-0.39, 0.29) is 22.5 Å². The number of fused-ring (bicyclic) bond motifs is 1. The third kappa shape index (κ3) is 3.81. The molecule has 3 heterocycles. The molecule has 2 fully saturated rings. The van der Waals surface area contributed by atoms with Gasteiger partial charge >= 0.3 is 6.03 Å². The highest BCUT2D eigenvalue weighted by Gasteiger charge is 2.42. The predicted octanol–water partition coefficient (Wildman–Crippen LogP) is 3.73. The first kappa shape index (κ1) is 19.4. The Labute approximate surface area is 174 Å². The van der Waals surface area contributed by atoms with E-state index in [9.17, 15) is 9.59 Å². The second-order valence-electron chi connectivity index (χ2n) is 7.87. The minimum atomic E-state index is -0.248. The van der Waals surface area contributed by atoms with Gasteiger partial charge in [0.2, 0.25) is 0 Å². The van der Waals surface area contributed by atoms with Gasteiger partial charge in [-0.2, -0.15) is 9.78 Å². The van der Waals surface area contributed by atoms with Gasteiger partial charge in [0.1, 0.15) is 5.69 Å². The first-order valence-electron chi connectivity index (χ1n) is 9.34. The van der Waals surface area contributed by atoms with Gasteiger partial charge in [-0.15, -0.1) is 0 Å². The van der Waals surface area contributed by atoms with Gasteiger partial charge in [0.15, 0.2) is 5.78 Å². The maximum Gasteiger partial charge on any atom is 0.344 e. The van der Waals surface area contributed by atoms with Crippen LogP contribution in [-0.4, -0.2) is 57.6 Å². The van der Waals surface area contributed by atoms with Crippen molar-refractivity contribution in [2.45, 2.75) is 20.4 Å². The second-order valence-corrected chi connectivity index (χ2v) is 8.71. The number of aromatic nitrogens is 2. The van der Waals surface area contributed by atoms with Gasteiger partial charge in [0.05, 0.1) is 11.2 Å². The van der Waals surface area contributed by atoms with Crippen molar-refractivity contribution in [3.8, 4) is 0 Å². The number of likely N-dealkylation sites (tertiary alicyclic amines) is 2. The number of aryl methyl sites for hydroxylation is 1. The molecule has 0 radical (unpaired) electrons. The highest BCUT2D eigenvalue weighted by molar-refractivity contribution is 6.33. The molecule has 0 saturated carbocycles. The largest absolute Gasteiger partial charge is 0.344 e. The average molecular weight is 421 g/mol. The minimum Gasteiger partial charge on any atom is -0.322 e. The van der Waals surface area contributed by atoms with E-state index in [1.807, 2.05) is 17.0 Å². The molecule has 1 amide bonds. The summed E-state index contributed by atoms with van der Waals surface area (Å²) in [6.07, 6.45) is 1.42. The van der Waals surface area contributed by atoms with Gasteiger partial charge in [0, 0.05) is 44.7 Å². The number of hydrogen-bond acceptors (Lipinski definition) is 4. The lowest BCUT2D eigenvalue weighted by molar-refractivity contribution is 0.101. The molecule has 148 valence electrons. The Balaban J connectivity index is 1.38. The van der Waals surface area contributed by atoms with E-state index < -0.39 is 0 Å². The molecule has 8 heteroatoms. The van der Waals surface area contributed by atoms with Crippen LogP contribution < -0.4 is 0 Å². The van der Waals surface area contributed by atoms with Crippen molar-refractivity contribution < 1.29 is 9.59 Å². The molecular weight excluding hydrogens is 399 g/mol. The van der Waals surface area contributed by atoms with Crippen LogP contribution in [0.3, 0.4) is 0 Å². The molecule has 2 aliphatic rings. The number of amides is 1. The molecule has 4 rings (SSSR count). The summed E-state index contributed by atoms with van der Waals surface area (Å²) in [5.74, 6) is 0.645. The lowest BCUT2D eigenvalue weighted by Gasteiger charge is -2.21. The molecule has 2 saturated heterocycles. The maximum atomic E-state index is 12.7. The number of ketones is 1. The topological polar surface area (TPSA) is 58.4 Å². The number of hydrogen-bond donors (Lipinski definition) is 0. The van der Waals surface area contributed by atoms with E-state index >= 15 is 0 Å². The molecule has 1 aromatic carbocycles. The molecule has 2 aromatic rings. The number of nitrogens with zero attached hydrogens (tertiary/aromatic N) is 4. The number of rotatable bonds is 3. The van der Waals surface area contributed by atoms with E-state index in [0.717, 1.165) is 24.7 Å². The zero-order chi connectivity index (χ0) is 20.0. The van der Waals surface area contributed by atoms with Crippen LogP contribution in [-0.2, 0) is 6.54 Å². The van der Waals surface area contributed by atoms with E-state index in [2.05, 4.69) is 23.0 Å². The number of Topliss-reactive ketones (excluding diaryl/α,β-unsaturated/α-hetero) is 1. The third-order valence-electron chi connectivity index (χ3n) is 5.54. The Morgan fingerprint density at radius 2 is 1.79 bits per heavy atom. The van der Waals surface area contributed by atoms with Crippen LogP contribution >= 0.6 is 23.2 Å². The standard InChI is InChI=1S/C20H22Cl2N4O2/c1-12-3-14(5-17(21)4-12)6-24-7-15-9-25(10-16(15)8-24)20(28)26-11-18(22)19(23-26)13(2)27/h3-5,11,15-16H,6-10H2,1-2H3. The second kappa shape index (κ2) is 7.50. The fourth-order valence-electron chi connectivity index (χ4n) is 4.37. The Morgan fingerprint density at radius 1 is 1.11 bits per heavy atom. The molecule has 0 aliphatic carbocycles. The van der Waals surface area contributed by atoms with Crippen molar-refractivity contribution in [1.29, 1.82) is 0 Å². The van der Waals surface area contributed by atoms with Crippen LogP contribution in [0.15, 0.2) is 24.4 Å². The quantitative estimate of drug-likeness (QED) is 0.709. The van der Waals surface area contributed by atoms with Gasteiger partial charge < -0.3 is 4.90 Å². The minimum absolute atomic E-state index is 0.136. The van der Waals surface area contributed by atoms with Gasteiger partial charge in [-0.1, -0.05) is 29.3 Å². The molecule has 0 spiro atoms. The fraction of sp³-hybridized carbons (Fsp3) is 0.450. The first-order valence-corrected chi connectivity index (χ1v) is 10.1. The van der Waals surface area contributed by atoms with Crippen LogP contribution in [0.2, 0.25) is 10.0 Å². The Bertz CT molecular complexity index is 908. The maximum absolute atomic E-state index is 12.7. The van der Waals surface area contributed by atoms with Gasteiger partial charge in [-0.25, -0.2) is 4.79 Å². The van der Waals surface area contributed by atoms with Crippen LogP contribution in [0.1, 0.15) is 28.5 Å². The zero-order valence-corrected chi connectivity index (χ0v) is 17.4. The fourth-order valence-corrected chi connectivity index (χ4v) is 4.95. The molecule has 0 bridgehead atoms. The summed E-state index contributed by atoms with van der Waals surface area (Å²) in [7, 11) is 0. The Morgan fingerprint density at radius 3 is 2.36 bits per heavy atom. The van der Waals surface area contributed by atoms with Crippen molar-refractivity contribution in [2.75, 3.05) is 26.2 Å². The SMILES string of the molecule is CC(=O)c1nn(C(=O)N2CC3CN(Cc4cc(C)cc(Cl)c4)CC3C2)cc1Cl. The number of carbonyl (C=O) groups excluding carboxylic acids is 2. The lowest BCUT2D eigenvalue weighted by atomic mass is 10.0. The molecule has 2 aliphatic heterocycles. The highest BCUT2D eigenvalue weighted by atomic mass is 35.5. The van der Waals surface area contributed by atoms with Crippen LogP contribution in [0.5, 0.6) is 0 Å². The molecule has 6 nitrogen and oxygen atoms in total. The number of halogens is 2. The number of benzene rings is 1. The molecule has 1 aromatic heterocycles. The summed E-state index contributed by atoms with van der Waals surface area (Å²) in [4.78, 5) is 28.5. The van der Waals surface area contributed by atoms with Crippen LogP contribution in [0.25, 0.3) is 0 Å². The molecule has 28 heavy (non-hydrogen) atoms. The van der Waals surface area contributed by atoms with Crippen molar-refractivity contribution in [1.82, 2.24) is 19.6 Å². The summed E-state index contributed by atoms with van der Waals surface area (Å²) in [5, 5.41) is 5.04. The summed E-state index contributed by atoms with van der Waals surface area (Å²) >= 11 is 12.2. The number of carbonyl (C=O) groups is 2. The van der Waals surface area contributed by atoms with E-state index in [1.54, 1.807) is 0 Å². The predicted molar refractivity (Wildman–Crippen MR) is 108 cm³/mol. The Hall–Kier alpha value is -1.89. The van der Waals surface area contributed by atoms with Crippen LogP contribution in [0.4, 0.5) is 4.79 Å². The van der Waals surface area contributed by atoms with Crippen molar-refractivity contribution >= 4 is 35.0 Å². The molecule has 0 N–H and O–H groups in total. The highest BCUT2D eigenvalue weighted by Crippen LogP contribution is 2.32. The van der Waals surface area contributed by atoms with Crippen LogP contribution in [0, 0.1) is 18.8 Å². The Kier molecular flexibility index (Phi) is 5.21. The van der Waals surface area contributed by atoms with Crippen molar-refractivity contribution in [3.05, 3.63) is 51.3 Å². The van der Waals surface area contributed by atoms with E-state index in [1.165, 1.54) is 28.9 Å². The van der Waals surface area contributed by atoms with Gasteiger partial charge in [0.25, 0.3) is 0 Å². The summed E-state index contributed by atoms with van der Waals surface area (Å²) < 4.78 is 1.19. The van der Waals surface area contributed by atoms with Gasteiger partial charge in [-0.3, -0.25) is 9.69 Å². The molecular formula is C20H22Cl2N4O2. The lowest BCUT2D eigenvalue weighted by Crippen LogP contribution is -2.36. The average Bonchev–Trinajstić information content (AvgIpc) is 3.25. The molecule has 2 unspecified atom stereocenters. The third-order valence-corrected chi connectivity index (χ3v) is 6.03. The van der Waals surface area contributed by atoms with Crippen molar-refractivity contribution in [2.24, 2.45) is 11.8 Å². The first-order chi connectivity index (χ1) is 13.3. The monoisotopic (exact) mass is 420 g/mol. The van der Waals surface area contributed by atoms with E-state index in [4.69, 9.17) is 23.2 Å². The van der Waals surface area contributed by atoms with Crippen molar-refractivity contribution in [3.63, 3.8) is 0 Å². The summed E-state index contributed by atoms with van der Waals surface area (Å²) in [5.41, 5.74) is 2.53. The smallest absolute Gasteiger partial charge is 0.322 e. The molecule has 2 atom stereocenters. The summed E-state index contributed by atoms with van der Waals surface area (Å²) in [6, 6.07) is 5.93. The zero-order valence-electron chi connectivity index (χ0n) is 15.9. The summed E-state index contributed by atoms with van der Waals surface area (Å²) in [6.45, 7) is 7.62.